The van der Waals surface area contributed by atoms with Gasteiger partial charge in [0.25, 0.3) is 5.91 Å². The summed E-state index contributed by atoms with van der Waals surface area (Å²) in [5.74, 6) is 0.0458. The Hall–Kier alpha value is -4.06. The number of hydrogen-bond donors (Lipinski definition) is 2. The number of amides is 1. The van der Waals surface area contributed by atoms with Gasteiger partial charge in [-0.3, -0.25) is 9.78 Å². The van der Waals surface area contributed by atoms with Gasteiger partial charge in [0, 0.05) is 23.0 Å². The van der Waals surface area contributed by atoms with Crippen molar-refractivity contribution in [1.82, 2.24) is 35.7 Å². The average Bonchev–Trinajstić information content (AvgIpc) is 3.39. The Balaban J connectivity index is 1.58. The number of nitrogens with one attached hydrogen (secondary N) is 1. The number of pyridine rings is 1. The predicted octanol–water partition coefficient (Wildman–Crippen LogP) is 1.68. The van der Waals surface area contributed by atoms with Crippen LogP contribution in [-0.2, 0) is 5.75 Å². The largest absolute Gasteiger partial charge is 0.378 e. The monoisotopic (exact) mass is 421 g/mol. The van der Waals surface area contributed by atoms with Gasteiger partial charge in [0.15, 0.2) is 5.69 Å². The highest BCUT2D eigenvalue weighted by Gasteiger charge is 2.23. The first kappa shape index (κ1) is 19.3. The fourth-order valence-corrected chi connectivity index (χ4v) is 3.36. The lowest BCUT2D eigenvalue weighted by atomic mass is 10.3. The lowest BCUT2D eigenvalue weighted by molar-refractivity contribution is 0.0949. The highest BCUT2D eigenvalue weighted by molar-refractivity contribution is 7.98. The van der Waals surface area contributed by atoms with Crippen LogP contribution in [0.25, 0.3) is 5.82 Å². The van der Waals surface area contributed by atoms with Crippen LogP contribution in [0.5, 0.6) is 0 Å². The van der Waals surface area contributed by atoms with Gasteiger partial charge in [-0.2, -0.15) is 9.78 Å². The molecular formula is C18H15N9O2S. The van der Waals surface area contributed by atoms with Gasteiger partial charge >= 0.3 is 0 Å². The van der Waals surface area contributed by atoms with Crippen LogP contribution < -0.4 is 11.2 Å². The van der Waals surface area contributed by atoms with E-state index in [1.165, 1.54) is 22.7 Å². The van der Waals surface area contributed by atoms with Crippen LogP contribution in [0.4, 0.5) is 5.82 Å². The number of nitrogens with zero attached hydrogens (tertiary/aromatic N) is 7. The van der Waals surface area contributed by atoms with Crippen molar-refractivity contribution in [3.63, 3.8) is 0 Å². The molecule has 3 heterocycles. The summed E-state index contributed by atoms with van der Waals surface area (Å²) < 4.78 is 5.99. The van der Waals surface area contributed by atoms with E-state index >= 15 is 0 Å². The molecule has 0 saturated carbocycles. The van der Waals surface area contributed by atoms with E-state index in [1.54, 1.807) is 24.5 Å². The Morgan fingerprint density at radius 1 is 1.20 bits per heavy atom. The Morgan fingerprint density at radius 3 is 2.73 bits per heavy atom. The minimum atomic E-state index is -0.523. The molecule has 12 heteroatoms. The van der Waals surface area contributed by atoms with Crippen molar-refractivity contribution in [2.45, 2.75) is 10.6 Å². The molecule has 0 bridgehead atoms. The van der Waals surface area contributed by atoms with Crippen molar-refractivity contribution in [2.75, 3.05) is 5.73 Å². The van der Waals surface area contributed by atoms with E-state index in [4.69, 9.17) is 5.73 Å². The summed E-state index contributed by atoms with van der Waals surface area (Å²) in [6, 6.07) is 13.2. The molecule has 1 amide bonds. The number of hydrogen-bond acceptors (Lipinski definition) is 10. The molecule has 0 saturated heterocycles. The van der Waals surface area contributed by atoms with Crippen molar-refractivity contribution in [1.29, 1.82) is 0 Å². The molecule has 3 N–H and O–H groups in total. The Bertz CT molecular complexity index is 1160. The number of nitrogens with two attached hydrogens (primary N) is 1. The van der Waals surface area contributed by atoms with E-state index in [2.05, 4.69) is 40.8 Å². The second kappa shape index (κ2) is 8.96. The number of aromatic nitrogens is 6. The van der Waals surface area contributed by atoms with Crippen LogP contribution in [0.3, 0.4) is 0 Å². The second-order valence-corrected chi connectivity index (χ2v) is 6.90. The van der Waals surface area contributed by atoms with Crippen molar-refractivity contribution in [3.8, 4) is 5.82 Å². The molecule has 0 fully saturated rings. The quantitative estimate of drug-likeness (QED) is 0.258. The van der Waals surface area contributed by atoms with Crippen LogP contribution in [0.2, 0.25) is 0 Å². The number of hydrazone groups is 1. The molecule has 0 radical (unpaired) electrons. The SMILES string of the molecule is Nc1nonc1-n1nnc(C(=O)N/N=C\c2ccncc2)c1CSc1ccccc1. The minimum absolute atomic E-state index is 0.0357. The standard InChI is InChI=1S/C18H15N9O2S/c19-16-17(25-29-24-16)27-14(11-30-13-4-2-1-3-5-13)15(22-26-27)18(28)23-21-10-12-6-8-20-9-7-12/h1-10H,11H2,(H2,19,24)(H,23,28)/b21-10-. The molecule has 0 aliphatic heterocycles. The molecule has 0 aliphatic rings. The summed E-state index contributed by atoms with van der Waals surface area (Å²) in [7, 11) is 0. The maximum atomic E-state index is 12.7. The summed E-state index contributed by atoms with van der Waals surface area (Å²) >= 11 is 1.50. The van der Waals surface area contributed by atoms with Crippen LogP contribution in [0.15, 0.2) is 69.5 Å². The number of thioether (sulfide) groups is 1. The minimum Gasteiger partial charge on any atom is -0.378 e. The third kappa shape index (κ3) is 4.33. The van der Waals surface area contributed by atoms with E-state index in [0.717, 1.165) is 10.5 Å². The topological polar surface area (TPSA) is 150 Å². The Kier molecular flexibility index (Phi) is 5.75. The number of carbonyl (C=O) groups excluding carboxylic acids is 1. The molecule has 0 atom stereocenters. The lowest BCUT2D eigenvalue weighted by Gasteiger charge is -2.05. The van der Waals surface area contributed by atoms with Crippen molar-refractivity contribution < 1.29 is 9.42 Å². The van der Waals surface area contributed by atoms with E-state index in [9.17, 15) is 4.79 Å². The van der Waals surface area contributed by atoms with Gasteiger partial charge in [-0.1, -0.05) is 23.4 Å². The number of carbonyl (C=O) groups is 1. The van der Waals surface area contributed by atoms with Crippen LogP contribution in [0, 0.1) is 0 Å². The molecule has 11 nitrogen and oxygen atoms in total. The zero-order chi connectivity index (χ0) is 20.8. The van der Waals surface area contributed by atoms with E-state index < -0.39 is 5.91 Å². The molecule has 4 rings (SSSR count). The molecule has 0 spiro atoms. The number of benzene rings is 1. The Labute approximate surface area is 174 Å². The first-order chi connectivity index (χ1) is 14.7. The summed E-state index contributed by atoms with van der Waals surface area (Å²) in [5.41, 5.74) is 9.59. The van der Waals surface area contributed by atoms with Gasteiger partial charge in [0.05, 0.1) is 11.9 Å². The maximum absolute atomic E-state index is 12.7. The van der Waals surface area contributed by atoms with Gasteiger partial charge in [-0.25, -0.2) is 10.1 Å². The molecular weight excluding hydrogens is 406 g/mol. The Morgan fingerprint density at radius 2 is 2.00 bits per heavy atom. The molecule has 1 aromatic carbocycles. The third-order valence-electron chi connectivity index (χ3n) is 3.88. The van der Waals surface area contributed by atoms with Gasteiger partial charge < -0.3 is 5.73 Å². The molecule has 3 aromatic heterocycles. The molecule has 4 aromatic rings. The normalized spacial score (nSPS) is 11.1. The number of nitrogen functional groups attached to an aromatic ring is 1. The molecule has 0 aliphatic carbocycles. The highest BCUT2D eigenvalue weighted by Crippen LogP contribution is 2.25. The van der Waals surface area contributed by atoms with Gasteiger partial charge in [0.1, 0.15) is 0 Å². The van der Waals surface area contributed by atoms with Crippen LogP contribution >= 0.6 is 11.8 Å². The summed E-state index contributed by atoms with van der Waals surface area (Å²) in [6.07, 6.45) is 4.76. The van der Waals surface area contributed by atoms with Crippen LogP contribution in [-0.4, -0.2) is 42.4 Å². The summed E-state index contributed by atoms with van der Waals surface area (Å²) in [5, 5.41) is 19.3. The first-order valence-electron chi connectivity index (χ1n) is 8.66. The molecule has 150 valence electrons. The lowest BCUT2D eigenvalue weighted by Crippen LogP contribution is -2.20. The van der Waals surface area contributed by atoms with Crippen LogP contribution in [0.1, 0.15) is 21.7 Å². The number of rotatable bonds is 7. The van der Waals surface area contributed by atoms with E-state index in [-0.39, 0.29) is 17.3 Å². The zero-order valence-corrected chi connectivity index (χ0v) is 16.2. The fourth-order valence-electron chi connectivity index (χ4n) is 2.45. The molecule has 30 heavy (non-hydrogen) atoms. The van der Waals surface area contributed by atoms with Crippen molar-refractivity contribution in [3.05, 3.63) is 71.8 Å². The first-order valence-corrected chi connectivity index (χ1v) is 9.65. The van der Waals surface area contributed by atoms with Gasteiger partial charge in [-0.05, 0) is 40.1 Å². The van der Waals surface area contributed by atoms with Crippen molar-refractivity contribution in [2.24, 2.45) is 5.10 Å². The van der Waals surface area contributed by atoms with Gasteiger partial charge in [-0.15, -0.1) is 16.9 Å². The summed E-state index contributed by atoms with van der Waals surface area (Å²) in [6.45, 7) is 0. The van der Waals surface area contributed by atoms with E-state index in [1.807, 2.05) is 30.3 Å². The average molecular weight is 421 g/mol. The van der Waals surface area contributed by atoms with Gasteiger partial charge in [0.2, 0.25) is 11.6 Å². The smallest absolute Gasteiger partial charge is 0.293 e. The van der Waals surface area contributed by atoms with E-state index in [0.29, 0.717) is 11.4 Å². The third-order valence-corrected chi connectivity index (χ3v) is 4.90. The maximum Gasteiger partial charge on any atom is 0.293 e. The molecule has 0 unspecified atom stereocenters. The predicted molar refractivity (Wildman–Crippen MR) is 109 cm³/mol. The van der Waals surface area contributed by atoms with Crippen molar-refractivity contribution >= 4 is 29.7 Å². The zero-order valence-electron chi connectivity index (χ0n) is 15.4. The number of anilines is 1. The fraction of sp³-hybridized carbons (Fsp3) is 0.0556. The second-order valence-electron chi connectivity index (χ2n) is 5.85. The summed E-state index contributed by atoms with van der Waals surface area (Å²) in [4.78, 5) is 17.6. The highest BCUT2D eigenvalue weighted by atomic mass is 32.2.